The Bertz CT molecular complexity index is 802. The monoisotopic (exact) mass is 381 g/mol. The first-order valence-electron chi connectivity index (χ1n) is 9.74. The first-order chi connectivity index (χ1) is 13.3. The Balaban J connectivity index is 2.04. The van der Waals surface area contributed by atoms with Gasteiger partial charge < -0.3 is 14.8 Å². The fourth-order valence-electron chi connectivity index (χ4n) is 2.75. The summed E-state index contributed by atoms with van der Waals surface area (Å²) in [5.41, 5.74) is 4.08. The smallest absolute Gasteiger partial charge is 0.330 e. The number of methoxy groups -OCH3 is 1. The highest BCUT2D eigenvalue weighted by Crippen LogP contribution is 2.34. The van der Waals surface area contributed by atoms with Crippen molar-refractivity contribution in [3.05, 3.63) is 59.7 Å². The van der Waals surface area contributed by atoms with Crippen LogP contribution in [0, 0.1) is 0 Å². The van der Waals surface area contributed by atoms with Gasteiger partial charge in [0, 0.05) is 23.0 Å². The zero-order valence-corrected chi connectivity index (χ0v) is 17.5. The van der Waals surface area contributed by atoms with Crippen LogP contribution in [0.3, 0.4) is 0 Å². The molecule has 150 valence electrons. The topological polar surface area (TPSA) is 47.6 Å². The predicted molar refractivity (Wildman–Crippen MR) is 116 cm³/mol. The van der Waals surface area contributed by atoms with Crippen LogP contribution in [-0.4, -0.2) is 19.7 Å². The van der Waals surface area contributed by atoms with Gasteiger partial charge in [-0.3, -0.25) is 0 Å². The van der Waals surface area contributed by atoms with Gasteiger partial charge in [0.2, 0.25) is 0 Å². The Hall–Kier alpha value is -2.75. The van der Waals surface area contributed by atoms with Crippen molar-refractivity contribution < 1.29 is 14.3 Å². The number of rotatable bonds is 8. The number of esters is 1. The number of hydrogen-bond donors (Lipinski definition) is 1. The lowest BCUT2D eigenvalue weighted by atomic mass is 9.86. The molecule has 0 fully saturated rings. The molecule has 0 aromatic heterocycles. The van der Waals surface area contributed by atoms with Gasteiger partial charge in [-0.2, -0.15) is 0 Å². The van der Waals surface area contributed by atoms with Gasteiger partial charge in [-0.05, 0) is 53.8 Å². The molecule has 4 nitrogen and oxygen atoms in total. The lowest BCUT2D eigenvalue weighted by Crippen LogP contribution is -2.13. The summed E-state index contributed by atoms with van der Waals surface area (Å²) in [7, 11) is 1.70. The molecular weight excluding hydrogens is 350 g/mol. The van der Waals surface area contributed by atoms with E-state index in [2.05, 4.69) is 39.1 Å². The van der Waals surface area contributed by atoms with Crippen LogP contribution in [0.4, 0.5) is 11.4 Å². The zero-order chi connectivity index (χ0) is 20.6. The highest BCUT2D eigenvalue weighted by molar-refractivity contribution is 5.87. The Morgan fingerprint density at radius 2 is 1.75 bits per heavy atom. The number of anilines is 2. The third-order valence-electron chi connectivity index (χ3n) is 4.36. The summed E-state index contributed by atoms with van der Waals surface area (Å²) in [5.74, 6) is 0.591. The summed E-state index contributed by atoms with van der Waals surface area (Å²) in [5, 5.41) is 3.42. The van der Waals surface area contributed by atoms with E-state index in [4.69, 9.17) is 9.47 Å². The number of benzene rings is 2. The molecule has 2 aromatic rings. The molecule has 0 amide bonds. The standard InChI is InChI=1S/C24H31NO3/c1-6-7-16-28-23(26)15-10-18-8-11-19(12-9-18)25-20-13-14-22(27-5)21(17-20)24(2,3)4/h8-15,17,25H,6-7,16H2,1-5H3/b15-10+. The number of unbranched alkanes of at least 4 members (excludes halogenated alkanes) is 1. The SMILES string of the molecule is CCCCOC(=O)/C=C/c1ccc(Nc2ccc(OC)c(C(C)(C)C)c2)cc1. The molecule has 0 atom stereocenters. The van der Waals surface area contributed by atoms with E-state index in [0.29, 0.717) is 6.61 Å². The maximum atomic E-state index is 11.6. The second-order valence-electron chi connectivity index (χ2n) is 7.77. The normalized spacial score (nSPS) is 11.5. The first-order valence-corrected chi connectivity index (χ1v) is 9.74. The fourth-order valence-corrected chi connectivity index (χ4v) is 2.75. The molecule has 28 heavy (non-hydrogen) atoms. The van der Waals surface area contributed by atoms with Crippen LogP contribution in [0.2, 0.25) is 0 Å². The molecule has 1 N–H and O–H groups in total. The second-order valence-corrected chi connectivity index (χ2v) is 7.77. The molecule has 0 saturated heterocycles. The molecule has 0 aliphatic rings. The van der Waals surface area contributed by atoms with Crippen LogP contribution in [-0.2, 0) is 14.9 Å². The van der Waals surface area contributed by atoms with E-state index in [1.54, 1.807) is 13.2 Å². The van der Waals surface area contributed by atoms with Gasteiger partial charge in [0.15, 0.2) is 0 Å². The van der Waals surface area contributed by atoms with Crippen LogP contribution >= 0.6 is 0 Å². The van der Waals surface area contributed by atoms with Crippen molar-refractivity contribution >= 4 is 23.4 Å². The van der Waals surface area contributed by atoms with Crippen molar-refractivity contribution in [2.75, 3.05) is 19.0 Å². The van der Waals surface area contributed by atoms with Crippen LogP contribution in [0.5, 0.6) is 5.75 Å². The maximum absolute atomic E-state index is 11.6. The minimum atomic E-state index is -0.302. The minimum absolute atomic E-state index is 0.0105. The van der Waals surface area contributed by atoms with Crippen LogP contribution < -0.4 is 10.1 Å². The Morgan fingerprint density at radius 1 is 1.07 bits per heavy atom. The third kappa shape index (κ3) is 6.45. The van der Waals surface area contributed by atoms with Gasteiger partial charge in [0.25, 0.3) is 0 Å². The average molecular weight is 382 g/mol. The van der Waals surface area contributed by atoms with E-state index in [1.807, 2.05) is 36.4 Å². The molecule has 0 spiro atoms. The Kier molecular flexibility index (Phi) is 7.68. The fraction of sp³-hybridized carbons (Fsp3) is 0.375. The quantitative estimate of drug-likeness (QED) is 0.341. The summed E-state index contributed by atoms with van der Waals surface area (Å²) in [6, 6.07) is 14.0. The zero-order valence-electron chi connectivity index (χ0n) is 17.5. The maximum Gasteiger partial charge on any atom is 0.330 e. The largest absolute Gasteiger partial charge is 0.496 e. The van der Waals surface area contributed by atoms with Crippen LogP contribution in [0.25, 0.3) is 6.08 Å². The van der Waals surface area contributed by atoms with Gasteiger partial charge in [0.05, 0.1) is 13.7 Å². The molecule has 0 unspecified atom stereocenters. The highest BCUT2D eigenvalue weighted by Gasteiger charge is 2.19. The Labute approximate surface area is 168 Å². The molecule has 0 aliphatic carbocycles. The minimum Gasteiger partial charge on any atom is -0.496 e. The summed E-state index contributed by atoms with van der Waals surface area (Å²) >= 11 is 0. The second kappa shape index (κ2) is 9.98. The molecule has 2 rings (SSSR count). The average Bonchev–Trinajstić information content (AvgIpc) is 2.67. The number of ether oxygens (including phenoxy) is 2. The van der Waals surface area contributed by atoms with Gasteiger partial charge >= 0.3 is 5.97 Å². The van der Waals surface area contributed by atoms with Crippen molar-refractivity contribution in [2.24, 2.45) is 0 Å². The van der Waals surface area contributed by atoms with Crippen LogP contribution in [0.1, 0.15) is 51.7 Å². The summed E-state index contributed by atoms with van der Waals surface area (Å²) in [6.07, 6.45) is 5.14. The third-order valence-corrected chi connectivity index (χ3v) is 4.36. The van der Waals surface area contributed by atoms with Crippen LogP contribution in [0.15, 0.2) is 48.5 Å². The van der Waals surface area contributed by atoms with Gasteiger partial charge in [0.1, 0.15) is 5.75 Å². The van der Waals surface area contributed by atoms with E-state index in [1.165, 1.54) is 6.08 Å². The Morgan fingerprint density at radius 3 is 2.36 bits per heavy atom. The van der Waals surface area contributed by atoms with E-state index in [9.17, 15) is 4.79 Å². The van der Waals surface area contributed by atoms with E-state index < -0.39 is 0 Å². The highest BCUT2D eigenvalue weighted by atomic mass is 16.5. The van der Waals surface area contributed by atoms with Crippen molar-refractivity contribution in [3.63, 3.8) is 0 Å². The van der Waals surface area contributed by atoms with Crippen molar-refractivity contribution in [1.82, 2.24) is 0 Å². The summed E-state index contributed by atoms with van der Waals surface area (Å²) in [4.78, 5) is 11.6. The lowest BCUT2D eigenvalue weighted by molar-refractivity contribution is -0.137. The van der Waals surface area contributed by atoms with Gasteiger partial charge in [-0.1, -0.05) is 46.2 Å². The molecule has 0 bridgehead atoms. The molecule has 0 heterocycles. The van der Waals surface area contributed by atoms with E-state index in [-0.39, 0.29) is 11.4 Å². The number of nitrogens with one attached hydrogen (secondary N) is 1. The van der Waals surface area contributed by atoms with Crippen molar-refractivity contribution in [2.45, 2.75) is 46.0 Å². The summed E-state index contributed by atoms with van der Waals surface area (Å²) < 4.78 is 10.6. The number of carbonyl (C=O) groups is 1. The molecule has 2 aromatic carbocycles. The lowest BCUT2D eigenvalue weighted by Gasteiger charge is -2.23. The van der Waals surface area contributed by atoms with E-state index in [0.717, 1.165) is 41.1 Å². The number of carbonyl (C=O) groups excluding carboxylic acids is 1. The van der Waals surface area contributed by atoms with E-state index >= 15 is 0 Å². The summed E-state index contributed by atoms with van der Waals surface area (Å²) in [6.45, 7) is 9.05. The van der Waals surface area contributed by atoms with Crippen molar-refractivity contribution in [1.29, 1.82) is 0 Å². The predicted octanol–water partition coefficient (Wildman–Crippen LogP) is 6.09. The molecule has 4 heteroatoms. The van der Waals surface area contributed by atoms with Crippen molar-refractivity contribution in [3.8, 4) is 5.75 Å². The first kappa shape index (κ1) is 21.5. The van der Waals surface area contributed by atoms with Gasteiger partial charge in [-0.15, -0.1) is 0 Å². The molecule has 0 radical (unpaired) electrons. The molecule has 0 aliphatic heterocycles. The van der Waals surface area contributed by atoms with Gasteiger partial charge in [-0.25, -0.2) is 4.79 Å². The number of hydrogen-bond acceptors (Lipinski definition) is 4. The molecule has 0 saturated carbocycles. The molecular formula is C24H31NO3.